The van der Waals surface area contributed by atoms with E-state index >= 15 is 0 Å². The SMILES string of the molecule is Cn1nc(Br)nc1C(C)(C)O. The predicted molar refractivity (Wildman–Crippen MR) is 43.9 cm³/mol. The molecule has 0 amide bonds. The Labute approximate surface area is 73.4 Å². The minimum Gasteiger partial charge on any atom is -0.382 e. The van der Waals surface area contributed by atoms with E-state index in [-0.39, 0.29) is 0 Å². The van der Waals surface area contributed by atoms with Gasteiger partial charge in [-0.05, 0) is 29.8 Å². The lowest BCUT2D eigenvalue weighted by Gasteiger charge is -2.14. The molecule has 0 aliphatic carbocycles. The number of hydrogen-bond acceptors (Lipinski definition) is 3. The third-order valence-corrected chi connectivity index (χ3v) is 1.62. The summed E-state index contributed by atoms with van der Waals surface area (Å²) in [5.74, 6) is 0.546. The Morgan fingerprint density at radius 3 is 2.27 bits per heavy atom. The summed E-state index contributed by atoms with van der Waals surface area (Å²) in [5.41, 5.74) is -0.937. The molecule has 11 heavy (non-hydrogen) atoms. The number of nitrogens with zero attached hydrogens (tertiary/aromatic N) is 3. The fraction of sp³-hybridized carbons (Fsp3) is 0.667. The maximum atomic E-state index is 9.54. The van der Waals surface area contributed by atoms with Gasteiger partial charge < -0.3 is 5.11 Å². The van der Waals surface area contributed by atoms with E-state index in [1.54, 1.807) is 25.6 Å². The molecule has 0 bridgehead atoms. The van der Waals surface area contributed by atoms with E-state index < -0.39 is 5.60 Å². The zero-order chi connectivity index (χ0) is 8.65. The fourth-order valence-corrected chi connectivity index (χ4v) is 1.29. The molecule has 0 atom stereocenters. The highest BCUT2D eigenvalue weighted by Gasteiger charge is 2.22. The van der Waals surface area contributed by atoms with Gasteiger partial charge in [0.25, 0.3) is 0 Å². The van der Waals surface area contributed by atoms with Gasteiger partial charge in [-0.3, -0.25) is 0 Å². The molecule has 1 aromatic rings. The average molecular weight is 220 g/mol. The van der Waals surface area contributed by atoms with Gasteiger partial charge in [-0.25, -0.2) is 9.67 Å². The van der Waals surface area contributed by atoms with Gasteiger partial charge in [-0.15, -0.1) is 5.10 Å². The number of hydrogen-bond donors (Lipinski definition) is 1. The van der Waals surface area contributed by atoms with Crippen molar-refractivity contribution in [2.75, 3.05) is 0 Å². The van der Waals surface area contributed by atoms with E-state index in [2.05, 4.69) is 26.0 Å². The topological polar surface area (TPSA) is 50.9 Å². The quantitative estimate of drug-likeness (QED) is 0.761. The highest BCUT2D eigenvalue weighted by Crippen LogP contribution is 2.17. The van der Waals surface area contributed by atoms with Crippen molar-refractivity contribution in [2.24, 2.45) is 7.05 Å². The number of rotatable bonds is 1. The van der Waals surface area contributed by atoms with Crippen molar-refractivity contribution in [2.45, 2.75) is 19.4 Å². The molecule has 0 aliphatic heterocycles. The smallest absolute Gasteiger partial charge is 0.217 e. The molecule has 1 heterocycles. The van der Waals surface area contributed by atoms with Gasteiger partial charge in [0.05, 0.1) is 0 Å². The molecule has 5 heteroatoms. The minimum atomic E-state index is -0.937. The van der Waals surface area contributed by atoms with E-state index in [4.69, 9.17) is 0 Å². The third kappa shape index (κ3) is 1.78. The Bertz CT molecular complexity index is 263. The van der Waals surface area contributed by atoms with Crippen molar-refractivity contribution in [3.05, 3.63) is 10.6 Å². The van der Waals surface area contributed by atoms with Crippen LogP contribution in [-0.2, 0) is 12.6 Å². The average Bonchev–Trinajstić information content (AvgIpc) is 2.08. The minimum absolute atomic E-state index is 0.497. The van der Waals surface area contributed by atoms with Crippen molar-refractivity contribution in [3.63, 3.8) is 0 Å². The van der Waals surface area contributed by atoms with Crippen LogP contribution in [0, 0.1) is 0 Å². The van der Waals surface area contributed by atoms with Crippen LogP contribution in [0.15, 0.2) is 4.73 Å². The summed E-state index contributed by atoms with van der Waals surface area (Å²) in [5, 5.41) is 13.5. The van der Waals surface area contributed by atoms with Crippen LogP contribution in [0.3, 0.4) is 0 Å². The number of aryl methyl sites for hydroxylation is 1. The molecule has 0 radical (unpaired) electrons. The second kappa shape index (κ2) is 2.57. The van der Waals surface area contributed by atoms with E-state index in [1.165, 1.54) is 0 Å². The lowest BCUT2D eigenvalue weighted by atomic mass is 10.1. The lowest BCUT2D eigenvalue weighted by molar-refractivity contribution is 0.0647. The molecule has 1 rings (SSSR count). The maximum Gasteiger partial charge on any atom is 0.217 e. The van der Waals surface area contributed by atoms with E-state index in [0.717, 1.165) is 0 Å². The molecule has 0 aromatic carbocycles. The second-order valence-corrected chi connectivity index (χ2v) is 3.60. The monoisotopic (exact) mass is 219 g/mol. The number of aromatic nitrogens is 3. The normalized spacial score (nSPS) is 12.1. The van der Waals surface area contributed by atoms with Crippen molar-refractivity contribution < 1.29 is 5.11 Å². The van der Waals surface area contributed by atoms with Gasteiger partial charge in [-0.2, -0.15) is 0 Å². The van der Waals surface area contributed by atoms with Crippen molar-refractivity contribution in [1.29, 1.82) is 0 Å². The van der Waals surface area contributed by atoms with E-state index in [0.29, 0.717) is 10.6 Å². The van der Waals surface area contributed by atoms with E-state index in [1.807, 2.05) is 0 Å². The van der Waals surface area contributed by atoms with Crippen molar-refractivity contribution in [3.8, 4) is 0 Å². The van der Waals surface area contributed by atoms with Crippen LogP contribution >= 0.6 is 15.9 Å². The van der Waals surface area contributed by atoms with Gasteiger partial charge in [0, 0.05) is 7.05 Å². The van der Waals surface area contributed by atoms with Crippen LogP contribution in [0.4, 0.5) is 0 Å². The van der Waals surface area contributed by atoms with Crippen molar-refractivity contribution in [1.82, 2.24) is 14.8 Å². The van der Waals surface area contributed by atoms with Gasteiger partial charge in [0.1, 0.15) is 5.60 Å². The zero-order valence-corrected chi connectivity index (χ0v) is 8.25. The van der Waals surface area contributed by atoms with Crippen LogP contribution in [-0.4, -0.2) is 19.9 Å². The molecular formula is C6H10BrN3O. The Morgan fingerprint density at radius 1 is 1.55 bits per heavy atom. The Kier molecular flexibility index (Phi) is 2.02. The van der Waals surface area contributed by atoms with Gasteiger partial charge in [0.15, 0.2) is 5.82 Å². The third-order valence-electron chi connectivity index (χ3n) is 1.28. The Balaban J connectivity index is 3.13. The van der Waals surface area contributed by atoms with Crippen LogP contribution in [0.1, 0.15) is 19.7 Å². The molecule has 0 aliphatic rings. The molecule has 1 N–H and O–H groups in total. The number of halogens is 1. The largest absolute Gasteiger partial charge is 0.382 e. The van der Waals surface area contributed by atoms with Gasteiger partial charge in [-0.1, -0.05) is 0 Å². The summed E-state index contributed by atoms with van der Waals surface area (Å²) >= 11 is 3.12. The zero-order valence-electron chi connectivity index (χ0n) is 6.67. The molecule has 0 saturated heterocycles. The molecule has 62 valence electrons. The summed E-state index contributed by atoms with van der Waals surface area (Å²) in [6, 6.07) is 0. The first-order valence-corrected chi connectivity index (χ1v) is 4.00. The van der Waals surface area contributed by atoms with E-state index in [9.17, 15) is 5.11 Å². The Hall–Kier alpha value is -0.420. The molecule has 0 saturated carbocycles. The predicted octanol–water partition coefficient (Wildman–Crippen LogP) is 0.805. The maximum absolute atomic E-state index is 9.54. The molecule has 0 fully saturated rings. The van der Waals surface area contributed by atoms with Crippen LogP contribution in [0.5, 0.6) is 0 Å². The summed E-state index contributed by atoms with van der Waals surface area (Å²) in [4.78, 5) is 4.00. The lowest BCUT2D eigenvalue weighted by Crippen LogP contribution is -2.21. The molecule has 0 spiro atoms. The van der Waals surface area contributed by atoms with Gasteiger partial charge >= 0.3 is 0 Å². The molecular weight excluding hydrogens is 210 g/mol. The first kappa shape index (κ1) is 8.67. The second-order valence-electron chi connectivity index (χ2n) is 2.89. The highest BCUT2D eigenvalue weighted by atomic mass is 79.9. The molecule has 4 nitrogen and oxygen atoms in total. The van der Waals surface area contributed by atoms with Crippen molar-refractivity contribution >= 4 is 15.9 Å². The molecule has 0 unspecified atom stereocenters. The summed E-state index contributed by atoms with van der Waals surface area (Å²) < 4.78 is 2.04. The number of aliphatic hydroxyl groups is 1. The first-order valence-electron chi connectivity index (χ1n) is 3.20. The Morgan fingerprint density at radius 2 is 2.09 bits per heavy atom. The summed E-state index contributed by atoms with van der Waals surface area (Å²) in [7, 11) is 1.74. The van der Waals surface area contributed by atoms with Crippen LogP contribution in [0.2, 0.25) is 0 Å². The summed E-state index contributed by atoms with van der Waals surface area (Å²) in [6.45, 7) is 3.34. The van der Waals surface area contributed by atoms with Crippen LogP contribution in [0.25, 0.3) is 0 Å². The summed E-state index contributed by atoms with van der Waals surface area (Å²) in [6.07, 6.45) is 0. The fourth-order valence-electron chi connectivity index (χ4n) is 0.886. The van der Waals surface area contributed by atoms with Gasteiger partial charge in [0.2, 0.25) is 4.73 Å². The van der Waals surface area contributed by atoms with Crippen LogP contribution < -0.4 is 0 Å². The molecule has 1 aromatic heterocycles. The highest BCUT2D eigenvalue weighted by molar-refractivity contribution is 9.10. The first-order chi connectivity index (χ1) is 4.91. The standard InChI is InChI=1S/C6H10BrN3O/c1-6(2,11)4-8-5(7)9-10(4)3/h11H,1-3H3.